The van der Waals surface area contributed by atoms with E-state index in [-0.39, 0.29) is 0 Å². The average molecular weight is 265 g/mol. The lowest BCUT2D eigenvalue weighted by atomic mass is 9.72. The number of thiophene rings is 1. The van der Waals surface area contributed by atoms with Crippen molar-refractivity contribution < 1.29 is 0 Å². The molecule has 1 aromatic heterocycles. The van der Waals surface area contributed by atoms with Crippen LogP contribution in [0.4, 0.5) is 0 Å². The molecule has 1 aliphatic carbocycles. The van der Waals surface area contributed by atoms with E-state index in [1.165, 1.54) is 38.6 Å². The second-order valence-corrected chi connectivity index (χ2v) is 6.90. The fraction of sp³-hybridized carbons (Fsp3) is 0.750. The van der Waals surface area contributed by atoms with Crippen LogP contribution in [0, 0.1) is 17.8 Å². The first kappa shape index (κ1) is 14.1. The molecule has 0 bridgehead atoms. The van der Waals surface area contributed by atoms with Gasteiger partial charge in [0.2, 0.25) is 0 Å². The van der Waals surface area contributed by atoms with Gasteiger partial charge < -0.3 is 5.32 Å². The molecule has 0 amide bonds. The molecule has 2 heteroatoms. The van der Waals surface area contributed by atoms with Gasteiger partial charge in [-0.2, -0.15) is 0 Å². The fourth-order valence-electron chi connectivity index (χ4n) is 3.30. The number of aryl methyl sites for hydroxylation is 1. The molecule has 102 valence electrons. The van der Waals surface area contributed by atoms with Gasteiger partial charge in [-0.25, -0.2) is 0 Å². The molecular formula is C16H27NS. The highest BCUT2D eigenvalue weighted by atomic mass is 32.1. The smallest absolute Gasteiger partial charge is 0.00453 e. The highest BCUT2D eigenvalue weighted by Crippen LogP contribution is 2.36. The van der Waals surface area contributed by atoms with Crippen LogP contribution in [0.1, 0.15) is 44.4 Å². The maximum atomic E-state index is 3.56. The molecule has 2 rings (SSSR count). The molecule has 1 aliphatic rings. The van der Waals surface area contributed by atoms with Crippen molar-refractivity contribution in [3.8, 4) is 0 Å². The first-order chi connectivity index (χ1) is 8.79. The van der Waals surface area contributed by atoms with Gasteiger partial charge in [-0.15, -0.1) is 11.3 Å². The largest absolute Gasteiger partial charge is 0.317 e. The van der Waals surface area contributed by atoms with E-state index in [4.69, 9.17) is 0 Å². The van der Waals surface area contributed by atoms with Crippen molar-refractivity contribution in [3.63, 3.8) is 0 Å². The van der Waals surface area contributed by atoms with Gasteiger partial charge in [0.25, 0.3) is 0 Å². The first-order valence-corrected chi connectivity index (χ1v) is 8.40. The third kappa shape index (κ3) is 4.10. The lowest BCUT2D eigenvalue weighted by Gasteiger charge is -2.35. The monoisotopic (exact) mass is 265 g/mol. The van der Waals surface area contributed by atoms with E-state index >= 15 is 0 Å². The van der Waals surface area contributed by atoms with Crippen LogP contribution < -0.4 is 5.32 Å². The molecule has 0 spiro atoms. The number of hydrogen-bond donors (Lipinski definition) is 1. The van der Waals surface area contributed by atoms with Crippen molar-refractivity contribution in [2.45, 2.75) is 46.0 Å². The zero-order chi connectivity index (χ0) is 12.8. The van der Waals surface area contributed by atoms with E-state index in [0.29, 0.717) is 0 Å². The standard InChI is InChI=1S/C16H27NS/c1-3-17-12-15-7-6-13(2)11-14(15)8-9-16-5-4-10-18-16/h4-5,10,13-15,17H,3,6-9,11-12H2,1-2H3. The summed E-state index contributed by atoms with van der Waals surface area (Å²) in [5.74, 6) is 2.80. The zero-order valence-corrected chi connectivity index (χ0v) is 12.6. The van der Waals surface area contributed by atoms with Crippen molar-refractivity contribution >= 4 is 11.3 Å². The predicted molar refractivity (Wildman–Crippen MR) is 81.2 cm³/mol. The molecule has 0 aromatic carbocycles. The molecule has 1 N–H and O–H groups in total. The second-order valence-electron chi connectivity index (χ2n) is 5.86. The number of rotatable bonds is 6. The summed E-state index contributed by atoms with van der Waals surface area (Å²) in [7, 11) is 0. The fourth-order valence-corrected chi connectivity index (χ4v) is 4.02. The summed E-state index contributed by atoms with van der Waals surface area (Å²) < 4.78 is 0. The van der Waals surface area contributed by atoms with Crippen LogP contribution in [-0.2, 0) is 6.42 Å². The van der Waals surface area contributed by atoms with Crippen LogP contribution in [-0.4, -0.2) is 13.1 Å². The van der Waals surface area contributed by atoms with Crippen molar-refractivity contribution in [1.29, 1.82) is 0 Å². The van der Waals surface area contributed by atoms with Crippen LogP contribution >= 0.6 is 11.3 Å². The minimum atomic E-state index is 0.918. The average Bonchev–Trinajstić information content (AvgIpc) is 2.88. The van der Waals surface area contributed by atoms with E-state index in [2.05, 4.69) is 36.7 Å². The molecule has 0 radical (unpaired) electrons. The molecule has 1 heterocycles. The lowest BCUT2D eigenvalue weighted by molar-refractivity contribution is 0.176. The third-order valence-corrected chi connectivity index (χ3v) is 5.34. The van der Waals surface area contributed by atoms with Crippen molar-refractivity contribution in [1.82, 2.24) is 5.32 Å². The van der Waals surface area contributed by atoms with Crippen molar-refractivity contribution in [2.75, 3.05) is 13.1 Å². The van der Waals surface area contributed by atoms with E-state index < -0.39 is 0 Å². The molecular weight excluding hydrogens is 238 g/mol. The summed E-state index contributed by atoms with van der Waals surface area (Å²) >= 11 is 1.92. The Morgan fingerprint density at radius 3 is 2.94 bits per heavy atom. The van der Waals surface area contributed by atoms with Gasteiger partial charge in [0.05, 0.1) is 0 Å². The molecule has 0 saturated heterocycles. The van der Waals surface area contributed by atoms with Gasteiger partial charge in [-0.05, 0) is 68.0 Å². The molecule has 1 saturated carbocycles. The van der Waals surface area contributed by atoms with Gasteiger partial charge in [0.1, 0.15) is 0 Å². The number of nitrogens with one attached hydrogen (secondary N) is 1. The summed E-state index contributed by atoms with van der Waals surface area (Å²) in [4.78, 5) is 1.57. The van der Waals surface area contributed by atoms with Gasteiger partial charge in [0, 0.05) is 4.88 Å². The Kier molecular flexibility index (Phi) is 5.71. The van der Waals surface area contributed by atoms with Crippen molar-refractivity contribution in [2.24, 2.45) is 17.8 Å². The van der Waals surface area contributed by atoms with Crippen LogP contribution in [0.25, 0.3) is 0 Å². The maximum absolute atomic E-state index is 3.56. The summed E-state index contributed by atoms with van der Waals surface area (Å²) in [6.45, 7) is 7.00. The molecule has 1 aromatic rings. The molecule has 1 nitrogen and oxygen atoms in total. The zero-order valence-electron chi connectivity index (χ0n) is 11.8. The SMILES string of the molecule is CCNCC1CCC(C)CC1CCc1cccs1. The Morgan fingerprint density at radius 1 is 1.33 bits per heavy atom. The molecule has 1 fully saturated rings. The Labute approximate surface area is 116 Å². The van der Waals surface area contributed by atoms with Crippen LogP contribution in [0.2, 0.25) is 0 Å². The summed E-state index contributed by atoms with van der Waals surface area (Å²) in [6.07, 6.45) is 6.99. The van der Waals surface area contributed by atoms with Crippen LogP contribution in [0.15, 0.2) is 17.5 Å². The van der Waals surface area contributed by atoms with Gasteiger partial charge in [-0.1, -0.05) is 26.3 Å². The van der Waals surface area contributed by atoms with Gasteiger partial charge >= 0.3 is 0 Å². The Hall–Kier alpha value is -0.340. The van der Waals surface area contributed by atoms with Gasteiger partial charge in [-0.3, -0.25) is 0 Å². The summed E-state index contributed by atoms with van der Waals surface area (Å²) in [6, 6.07) is 4.47. The third-order valence-electron chi connectivity index (χ3n) is 4.40. The van der Waals surface area contributed by atoms with Crippen LogP contribution in [0.3, 0.4) is 0 Å². The topological polar surface area (TPSA) is 12.0 Å². The van der Waals surface area contributed by atoms with Gasteiger partial charge in [0.15, 0.2) is 0 Å². The van der Waals surface area contributed by atoms with E-state index in [1.807, 2.05) is 11.3 Å². The molecule has 18 heavy (non-hydrogen) atoms. The van der Waals surface area contributed by atoms with E-state index in [1.54, 1.807) is 4.88 Å². The summed E-state index contributed by atoms with van der Waals surface area (Å²) in [5, 5.41) is 5.76. The second kappa shape index (κ2) is 7.30. The minimum Gasteiger partial charge on any atom is -0.317 e. The molecule has 0 aliphatic heterocycles. The van der Waals surface area contributed by atoms with Crippen molar-refractivity contribution in [3.05, 3.63) is 22.4 Å². The highest BCUT2D eigenvalue weighted by molar-refractivity contribution is 7.09. The Morgan fingerprint density at radius 2 is 2.22 bits per heavy atom. The molecule has 3 atom stereocenters. The lowest BCUT2D eigenvalue weighted by Crippen LogP contribution is -2.32. The quantitative estimate of drug-likeness (QED) is 0.806. The normalized spacial score (nSPS) is 28.4. The maximum Gasteiger partial charge on any atom is 0.00453 e. The summed E-state index contributed by atoms with van der Waals surface area (Å²) in [5.41, 5.74) is 0. The van der Waals surface area contributed by atoms with E-state index in [0.717, 1.165) is 24.3 Å². The number of hydrogen-bond acceptors (Lipinski definition) is 2. The minimum absolute atomic E-state index is 0.918. The first-order valence-electron chi connectivity index (χ1n) is 7.52. The van der Waals surface area contributed by atoms with Crippen LogP contribution in [0.5, 0.6) is 0 Å². The molecule has 3 unspecified atom stereocenters. The van der Waals surface area contributed by atoms with E-state index in [9.17, 15) is 0 Å². The predicted octanol–water partition coefficient (Wildman–Crippen LogP) is 4.34. The Bertz CT molecular complexity index is 318. The Balaban J connectivity index is 1.84. The highest BCUT2D eigenvalue weighted by Gasteiger charge is 2.27.